The number of nitrogens with zero attached hydrogens (tertiary/aromatic N) is 3. The number of anilines is 2. The predicted octanol–water partition coefficient (Wildman–Crippen LogP) is 8.60. The summed E-state index contributed by atoms with van der Waals surface area (Å²) in [6.07, 6.45) is 8.73. The van der Waals surface area contributed by atoms with Gasteiger partial charge in [-0.05, 0) is 103 Å². The Kier molecular flexibility index (Phi) is 13.5. The molecule has 0 aliphatic carbocycles. The van der Waals surface area contributed by atoms with E-state index in [1.54, 1.807) is 12.5 Å². The number of benzene rings is 3. The van der Waals surface area contributed by atoms with Gasteiger partial charge in [0.25, 0.3) is 5.91 Å². The summed E-state index contributed by atoms with van der Waals surface area (Å²) in [5.41, 5.74) is 6.51. The minimum absolute atomic E-state index is 0.179. The first-order valence-electron chi connectivity index (χ1n) is 17.9. The lowest BCUT2D eigenvalue weighted by molar-refractivity contribution is -0.112. The number of amides is 1. The van der Waals surface area contributed by atoms with E-state index in [0.717, 1.165) is 79.3 Å². The van der Waals surface area contributed by atoms with Crippen LogP contribution in [0.1, 0.15) is 65.1 Å². The molecule has 0 bridgehead atoms. The van der Waals surface area contributed by atoms with Crippen molar-refractivity contribution in [2.75, 3.05) is 43.1 Å². The van der Waals surface area contributed by atoms with Gasteiger partial charge in [-0.25, -0.2) is 4.98 Å². The van der Waals surface area contributed by atoms with Gasteiger partial charge in [0.15, 0.2) is 0 Å². The number of nitrogens with one attached hydrogen (secondary N) is 1. The van der Waals surface area contributed by atoms with E-state index in [4.69, 9.17) is 9.47 Å². The largest absolute Gasteiger partial charge is 0.491 e. The van der Waals surface area contributed by atoms with Gasteiger partial charge >= 0.3 is 0 Å². The maximum absolute atomic E-state index is 13.4. The van der Waals surface area contributed by atoms with Crippen molar-refractivity contribution in [3.8, 4) is 16.9 Å². The van der Waals surface area contributed by atoms with E-state index in [9.17, 15) is 9.00 Å². The number of aryl methyl sites for hydroxylation is 1. The summed E-state index contributed by atoms with van der Waals surface area (Å²) < 4.78 is 26.6. The fourth-order valence-corrected chi connectivity index (χ4v) is 7.24. The number of carbonyl (C=O) groups is 1. The standard InChI is InChI=1S/C41H52N4O4S/c1-6-8-20-48-21-22-49-38-14-9-33(10-15-38)34-11-18-40(45-26-31(4)32(5)27-45)35(24-34)23-30(3)41(46)43-36-12-16-39(17-13-36)50(47)28-37-25-42-29-44(37)19-7-2/h9-18,23-25,29,31-32H,6-8,19-22,26-28H2,1-5H3,(H,43,46)/b30-23+/t31?,32?,50-/m0/s1. The molecule has 1 amide bonds. The van der Waals surface area contributed by atoms with Crippen LogP contribution in [0.2, 0.25) is 0 Å². The van der Waals surface area contributed by atoms with Crippen molar-refractivity contribution in [1.82, 2.24) is 9.55 Å². The van der Waals surface area contributed by atoms with Gasteiger partial charge in [0.2, 0.25) is 0 Å². The third kappa shape index (κ3) is 9.94. The molecule has 8 nitrogen and oxygen atoms in total. The van der Waals surface area contributed by atoms with E-state index in [1.165, 1.54) is 0 Å². The molecule has 5 rings (SSSR count). The van der Waals surface area contributed by atoms with Gasteiger partial charge in [-0.1, -0.05) is 52.3 Å². The summed E-state index contributed by atoms with van der Waals surface area (Å²) in [5, 5.41) is 3.03. The van der Waals surface area contributed by atoms with Gasteiger partial charge in [-0.2, -0.15) is 0 Å². The zero-order chi connectivity index (χ0) is 35.5. The van der Waals surface area contributed by atoms with Crippen LogP contribution >= 0.6 is 0 Å². The topological polar surface area (TPSA) is 85.7 Å². The summed E-state index contributed by atoms with van der Waals surface area (Å²) in [7, 11) is -1.22. The first kappa shape index (κ1) is 37.1. The van der Waals surface area contributed by atoms with Gasteiger partial charge in [-0.15, -0.1) is 0 Å². The highest BCUT2D eigenvalue weighted by molar-refractivity contribution is 7.84. The number of carbonyl (C=O) groups excluding carboxylic acids is 1. The quantitative estimate of drug-likeness (QED) is 0.0880. The number of hydrogen-bond donors (Lipinski definition) is 1. The maximum Gasteiger partial charge on any atom is 0.251 e. The zero-order valence-corrected chi connectivity index (χ0v) is 31.0. The van der Waals surface area contributed by atoms with Crippen LogP contribution in [0.4, 0.5) is 11.4 Å². The minimum atomic E-state index is -1.22. The SMILES string of the molecule is CCCCOCCOc1ccc(-c2ccc(N3CC(C)C(C)C3)c(/C=C(\C)C(=O)Nc3ccc([S@@](=O)Cc4cncn4CCC)cc3)c2)cc1. The Morgan fingerprint density at radius 1 is 0.940 bits per heavy atom. The molecule has 1 aromatic heterocycles. The minimum Gasteiger partial charge on any atom is -0.491 e. The molecule has 1 N–H and O–H groups in total. The number of rotatable bonds is 17. The van der Waals surface area contributed by atoms with Crippen LogP contribution < -0.4 is 15.0 Å². The molecule has 4 aromatic rings. The molecule has 2 unspecified atom stereocenters. The molecule has 1 fully saturated rings. The number of ether oxygens (including phenoxy) is 2. The average molecular weight is 697 g/mol. The van der Waals surface area contributed by atoms with Crippen molar-refractivity contribution in [3.63, 3.8) is 0 Å². The maximum atomic E-state index is 13.4. The molecule has 0 saturated carbocycles. The van der Waals surface area contributed by atoms with Crippen LogP contribution in [0.5, 0.6) is 5.75 Å². The predicted molar refractivity (Wildman–Crippen MR) is 205 cm³/mol. The molecular formula is C41H52N4O4S. The number of hydrogen-bond acceptors (Lipinski definition) is 6. The van der Waals surface area contributed by atoms with Crippen molar-refractivity contribution in [2.45, 2.75) is 71.1 Å². The average Bonchev–Trinajstić information content (AvgIpc) is 3.70. The lowest BCUT2D eigenvalue weighted by Crippen LogP contribution is -2.20. The summed E-state index contributed by atoms with van der Waals surface area (Å²) in [4.78, 5) is 20.8. The van der Waals surface area contributed by atoms with Crippen LogP contribution in [0, 0.1) is 11.8 Å². The van der Waals surface area contributed by atoms with Crippen molar-refractivity contribution in [2.24, 2.45) is 11.8 Å². The summed E-state index contributed by atoms with van der Waals surface area (Å²) in [6.45, 7) is 15.4. The first-order chi connectivity index (χ1) is 24.2. The number of unbranched alkanes of at least 4 members (excludes halogenated alkanes) is 1. The van der Waals surface area contributed by atoms with Gasteiger partial charge in [0.05, 0.1) is 35.2 Å². The Hall–Kier alpha value is -4.21. The molecule has 0 radical (unpaired) electrons. The third-order valence-corrected chi connectivity index (χ3v) is 10.7. The Morgan fingerprint density at radius 2 is 1.66 bits per heavy atom. The molecule has 2 heterocycles. The Bertz CT molecular complexity index is 1740. The Balaban J connectivity index is 1.28. The van der Waals surface area contributed by atoms with Gasteiger partial charge in [0.1, 0.15) is 12.4 Å². The van der Waals surface area contributed by atoms with Gasteiger partial charge in [0, 0.05) is 54.3 Å². The van der Waals surface area contributed by atoms with E-state index >= 15 is 0 Å². The summed E-state index contributed by atoms with van der Waals surface area (Å²) >= 11 is 0. The zero-order valence-electron chi connectivity index (χ0n) is 30.2. The van der Waals surface area contributed by atoms with E-state index in [2.05, 4.69) is 73.2 Å². The van der Waals surface area contributed by atoms with Gasteiger partial charge in [-0.3, -0.25) is 9.00 Å². The van der Waals surface area contributed by atoms with Crippen LogP contribution in [0.25, 0.3) is 17.2 Å². The van der Waals surface area contributed by atoms with E-state index in [-0.39, 0.29) is 5.91 Å². The van der Waals surface area contributed by atoms with Crippen molar-refractivity contribution >= 4 is 34.2 Å². The summed E-state index contributed by atoms with van der Waals surface area (Å²) in [5.74, 6) is 2.22. The van der Waals surface area contributed by atoms with E-state index < -0.39 is 10.8 Å². The lowest BCUT2D eigenvalue weighted by Gasteiger charge is -2.22. The fraction of sp³-hybridized carbons (Fsp3) is 0.415. The van der Waals surface area contributed by atoms with E-state index in [1.807, 2.05) is 54.0 Å². The molecule has 1 aliphatic heterocycles. The Morgan fingerprint density at radius 3 is 2.36 bits per heavy atom. The van der Waals surface area contributed by atoms with Crippen LogP contribution in [0.15, 0.2) is 89.7 Å². The first-order valence-corrected chi connectivity index (χ1v) is 19.2. The molecular weight excluding hydrogens is 645 g/mol. The van der Waals surface area contributed by atoms with Crippen LogP contribution in [0.3, 0.4) is 0 Å². The summed E-state index contributed by atoms with van der Waals surface area (Å²) in [6, 6.07) is 21.9. The number of aromatic nitrogens is 2. The van der Waals surface area contributed by atoms with Crippen LogP contribution in [-0.4, -0.2) is 52.6 Å². The highest BCUT2D eigenvalue weighted by Gasteiger charge is 2.27. The molecule has 1 aliphatic rings. The fourth-order valence-electron chi connectivity index (χ4n) is 6.12. The molecule has 0 spiro atoms. The second kappa shape index (κ2) is 18.2. The van der Waals surface area contributed by atoms with Crippen molar-refractivity contribution in [1.29, 1.82) is 0 Å². The van der Waals surface area contributed by atoms with Gasteiger partial charge < -0.3 is 24.3 Å². The normalized spacial score (nSPS) is 16.8. The Labute approximate surface area is 300 Å². The van der Waals surface area contributed by atoms with Crippen molar-refractivity contribution in [3.05, 3.63) is 96.1 Å². The highest BCUT2D eigenvalue weighted by atomic mass is 32.2. The lowest BCUT2D eigenvalue weighted by atomic mass is 9.99. The number of imidazole rings is 1. The van der Waals surface area contributed by atoms with Crippen molar-refractivity contribution < 1.29 is 18.5 Å². The molecule has 50 heavy (non-hydrogen) atoms. The molecule has 9 heteroatoms. The molecule has 266 valence electrons. The molecule has 1 saturated heterocycles. The van der Waals surface area contributed by atoms with Crippen LogP contribution in [-0.2, 0) is 32.6 Å². The monoisotopic (exact) mass is 696 g/mol. The third-order valence-electron chi connectivity index (χ3n) is 9.33. The smallest absolute Gasteiger partial charge is 0.251 e. The second-order valence-electron chi connectivity index (χ2n) is 13.3. The second-order valence-corrected chi connectivity index (χ2v) is 14.8. The molecule has 3 aromatic carbocycles. The van der Waals surface area contributed by atoms with E-state index in [0.29, 0.717) is 47.0 Å². The highest BCUT2D eigenvalue weighted by Crippen LogP contribution is 2.35. The molecule has 3 atom stereocenters.